The molecule has 86 valence electrons. The van der Waals surface area contributed by atoms with Crippen molar-refractivity contribution in [2.24, 2.45) is 0 Å². The molecule has 16 heavy (non-hydrogen) atoms. The van der Waals surface area contributed by atoms with Crippen molar-refractivity contribution in [2.45, 2.75) is 31.6 Å². The minimum absolute atomic E-state index is 0.109. The molecule has 1 unspecified atom stereocenters. The fourth-order valence-corrected chi connectivity index (χ4v) is 2.59. The van der Waals surface area contributed by atoms with Crippen molar-refractivity contribution in [2.75, 3.05) is 7.05 Å². The van der Waals surface area contributed by atoms with E-state index >= 15 is 0 Å². The Bertz CT molecular complexity index is 403. The highest BCUT2D eigenvalue weighted by atomic mass is 35.5. The number of carbonyl (C=O) groups is 1. The number of nitrogens with one attached hydrogen (secondary N) is 1. The Morgan fingerprint density at radius 3 is 3.12 bits per heavy atom. The average Bonchev–Trinajstić information content (AvgIpc) is 2.29. The van der Waals surface area contributed by atoms with Crippen molar-refractivity contribution >= 4 is 17.5 Å². The monoisotopic (exact) mass is 237 g/mol. The van der Waals surface area contributed by atoms with Crippen molar-refractivity contribution < 1.29 is 4.79 Å². The zero-order chi connectivity index (χ0) is 11.5. The van der Waals surface area contributed by atoms with Gasteiger partial charge in [0.2, 0.25) is 5.91 Å². The first-order valence-corrected chi connectivity index (χ1v) is 6.07. The molecular weight excluding hydrogens is 222 g/mol. The summed E-state index contributed by atoms with van der Waals surface area (Å²) in [5.41, 5.74) is 2.62. The molecule has 0 aromatic heterocycles. The smallest absolute Gasteiger partial charge is 0.220 e. The van der Waals surface area contributed by atoms with E-state index in [2.05, 4.69) is 11.4 Å². The van der Waals surface area contributed by atoms with Gasteiger partial charge in [0.05, 0.1) is 0 Å². The van der Waals surface area contributed by atoms with Gasteiger partial charge in [-0.15, -0.1) is 0 Å². The van der Waals surface area contributed by atoms with Gasteiger partial charge in [-0.25, -0.2) is 0 Å². The lowest BCUT2D eigenvalue weighted by atomic mass is 9.81. The Balaban J connectivity index is 2.24. The molecule has 1 aromatic carbocycles. The number of fused-ring (bicyclic) bond motifs is 1. The minimum atomic E-state index is 0.109. The molecule has 3 heteroatoms. The number of carbonyl (C=O) groups excluding carboxylic acids is 1. The van der Waals surface area contributed by atoms with Crippen LogP contribution in [0, 0.1) is 0 Å². The van der Waals surface area contributed by atoms with Gasteiger partial charge in [0.25, 0.3) is 0 Å². The molecule has 0 fully saturated rings. The van der Waals surface area contributed by atoms with Gasteiger partial charge >= 0.3 is 0 Å². The summed E-state index contributed by atoms with van der Waals surface area (Å²) in [6, 6.07) is 6.04. The van der Waals surface area contributed by atoms with Gasteiger partial charge in [0.1, 0.15) is 0 Å². The number of benzene rings is 1. The van der Waals surface area contributed by atoms with Crippen LogP contribution in [-0.2, 0) is 11.2 Å². The third-order valence-corrected chi connectivity index (χ3v) is 3.49. The van der Waals surface area contributed by atoms with Crippen LogP contribution in [0.1, 0.15) is 36.3 Å². The maximum absolute atomic E-state index is 11.4. The van der Waals surface area contributed by atoms with E-state index in [0.717, 1.165) is 24.3 Å². The second-order valence-corrected chi connectivity index (χ2v) is 4.75. The van der Waals surface area contributed by atoms with E-state index in [1.807, 2.05) is 12.1 Å². The third kappa shape index (κ3) is 2.38. The largest absolute Gasteiger partial charge is 0.359 e. The number of hydrogen-bond donors (Lipinski definition) is 1. The van der Waals surface area contributed by atoms with Gasteiger partial charge < -0.3 is 5.32 Å². The number of aryl methyl sites for hydroxylation is 1. The quantitative estimate of drug-likeness (QED) is 0.842. The van der Waals surface area contributed by atoms with Crippen LogP contribution < -0.4 is 5.32 Å². The van der Waals surface area contributed by atoms with Gasteiger partial charge in [-0.1, -0.05) is 17.7 Å². The molecule has 0 radical (unpaired) electrons. The van der Waals surface area contributed by atoms with Crippen LogP contribution in [-0.4, -0.2) is 13.0 Å². The number of halogens is 1. The standard InChI is InChI=1S/C13H16ClNO/c1-15-13(16)7-10-4-2-3-9-5-6-11(14)8-12(9)10/h5-6,8,10H,2-4,7H2,1H3,(H,15,16). The molecule has 0 heterocycles. The van der Waals surface area contributed by atoms with E-state index in [9.17, 15) is 4.79 Å². The van der Waals surface area contributed by atoms with Crippen LogP contribution in [0.2, 0.25) is 5.02 Å². The van der Waals surface area contributed by atoms with Crippen LogP contribution >= 0.6 is 11.6 Å². The summed E-state index contributed by atoms with van der Waals surface area (Å²) in [5, 5.41) is 3.45. The third-order valence-electron chi connectivity index (χ3n) is 3.26. The summed E-state index contributed by atoms with van der Waals surface area (Å²) in [4.78, 5) is 11.4. The topological polar surface area (TPSA) is 29.1 Å². The maximum Gasteiger partial charge on any atom is 0.220 e. The first-order valence-electron chi connectivity index (χ1n) is 5.69. The highest BCUT2D eigenvalue weighted by Crippen LogP contribution is 2.35. The van der Waals surface area contributed by atoms with E-state index in [1.165, 1.54) is 11.1 Å². The molecular formula is C13H16ClNO. The molecule has 0 aliphatic heterocycles. The summed E-state index contributed by atoms with van der Waals surface area (Å²) in [7, 11) is 1.68. The molecule has 1 aliphatic rings. The Hall–Kier alpha value is -1.02. The highest BCUT2D eigenvalue weighted by molar-refractivity contribution is 6.30. The van der Waals surface area contributed by atoms with E-state index < -0.39 is 0 Å². The first kappa shape index (κ1) is 11.5. The van der Waals surface area contributed by atoms with Gasteiger partial charge in [-0.05, 0) is 48.4 Å². The zero-order valence-electron chi connectivity index (χ0n) is 9.42. The zero-order valence-corrected chi connectivity index (χ0v) is 10.2. The van der Waals surface area contributed by atoms with Crippen LogP contribution in [0.5, 0.6) is 0 Å². The number of hydrogen-bond acceptors (Lipinski definition) is 1. The molecule has 0 spiro atoms. The molecule has 2 nitrogen and oxygen atoms in total. The van der Waals surface area contributed by atoms with Gasteiger partial charge in [0.15, 0.2) is 0 Å². The van der Waals surface area contributed by atoms with Crippen molar-refractivity contribution in [3.8, 4) is 0 Å². The number of rotatable bonds is 2. The van der Waals surface area contributed by atoms with Crippen LogP contribution in [0.15, 0.2) is 18.2 Å². The predicted molar refractivity (Wildman–Crippen MR) is 65.8 cm³/mol. The molecule has 0 saturated carbocycles. The summed E-state index contributed by atoms with van der Waals surface area (Å²) in [6.07, 6.45) is 3.93. The van der Waals surface area contributed by atoms with E-state index in [0.29, 0.717) is 12.3 Å². The Kier molecular flexibility index (Phi) is 3.49. The summed E-state index contributed by atoms with van der Waals surface area (Å²) < 4.78 is 0. The second kappa shape index (κ2) is 4.88. The lowest BCUT2D eigenvalue weighted by Crippen LogP contribution is -2.22. The normalized spacial score (nSPS) is 19.0. The SMILES string of the molecule is CNC(=O)CC1CCCc2ccc(Cl)cc21. The maximum atomic E-state index is 11.4. The van der Waals surface area contributed by atoms with Crippen LogP contribution in [0.3, 0.4) is 0 Å². The molecule has 0 saturated heterocycles. The highest BCUT2D eigenvalue weighted by Gasteiger charge is 2.22. The van der Waals surface area contributed by atoms with E-state index in [-0.39, 0.29) is 5.91 Å². The fourth-order valence-electron chi connectivity index (χ4n) is 2.41. The van der Waals surface area contributed by atoms with Gasteiger partial charge in [0, 0.05) is 18.5 Å². The molecule has 1 aromatic rings. The average molecular weight is 238 g/mol. The first-order chi connectivity index (χ1) is 7.70. The van der Waals surface area contributed by atoms with Crippen LogP contribution in [0.4, 0.5) is 0 Å². The van der Waals surface area contributed by atoms with E-state index in [4.69, 9.17) is 11.6 Å². The van der Waals surface area contributed by atoms with Crippen LogP contribution in [0.25, 0.3) is 0 Å². The van der Waals surface area contributed by atoms with Crippen molar-refractivity contribution in [3.63, 3.8) is 0 Å². The van der Waals surface area contributed by atoms with E-state index in [1.54, 1.807) is 7.05 Å². The second-order valence-electron chi connectivity index (χ2n) is 4.31. The van der Waals surface area contributed by atoms with Crippen molar-refractivity contribution in [1.82, 2.24) is 5.32 Å². The lowest BCUT2D eigenvalue weighted by molar-refractivity contribution is -0.121. The van der Waals surface area contributed by atoms with Crippen molar-refractivity contribution in [1.29, 1.82) is 0 Å². The number of amides is 1. The van der Waals surface area contributed by atoms with Gasteiger partial charge in [-0.2, -0.15) is 0 Å². The Morgan fingerprint density at radius 2 is 2.38 bits per heavy atom. The van der Waals surface area contributed by atoms with Crippen molar-refractivity contribution in [3.05, 3.63) is 34.3 Å². The minimum Gasteiger partial charge on any atom is -0.359 e. The molecule has 1 aliphatic carbocycles. The molecule has 1 N–H and O–H groups in total. The molecule has 0 bridgehead atoms. The lowest BCUT2D eigenvalue weighted by Gasteiger charge is -2.25. The Morgan fingerprint density at radius 1 is 1.56 bits per heavy atom. The fraction of sp³-hybridized carbons (Fsp3) is 0.462. The summed E-state index contributed by atoms with van der Waals surface area (Å²) in [5.74, 6) is 0.445. The Labute approximate surface area is 101 Å². The predicted octanol–water partition coefficient (Wildman–Crippen LogP) is 2.90. The molecule has 1 amide bonds. The molecule has 1 atom stereocenters. The molecule has 2 rings (SSSR count). The van der Waals surface area contributed by atoms with Gasteiger partial charge in [-0.3, -0.25) is 4.79 Å². The summed E-state index contributed by atoms with van der Waals surface area (Å²) in [6.45, 7) is 0. The summed E-state index contributed by atoms with van der Waals surface area (Å²) >= 11 is 6.01.